The maximum atomic E-state index is 5.81. The van der Waals surface area contributed by atoms with Gasteiger partial charge in [0.05, 0.1) is 0 Å². The fourth-order valence-corrected chi connectivity index (χ4v) is 3.85. The zero-order chi connectivity index (χ0) is 10.8. The zero-order valence-electron chi connectivity index (χ0n) is 10.2. The molecule has 0 radical (unpaired) electrons. The second kappa shape index (κ2) is 9.37. The molecule has 1 unspecified atom stereocenters. The molecule has 0 aromatic rings. The van der Waals surface area contributed by atoms with Crippen molar-refractivity contribution >= 4 is 9.28 Å². The summed E-state index contributed by atoms with van der Waals surface area (Å²) in [6, 6.07) is 1.23. The molecule has 0 aliphatic carbocycles. The van der Waals surface area contributed by atoms with Crippen LogP contribution >= 0.6 is 0 Å². The number of hydrogen-bond acceptors (Lipinski definition) is 2. The Labute approximate surface area is 96.2 Å². The van der Waals surface area contributed by atoms with Gasteiger partial charge in [-0.2, -0.15) is 0 Å². The minimum Gasteiger partial charge on any atom is -0.397 e. The predicted molar refractivity (Wildman–Crippen MR) is 66.5 cm³/mol. The van der Waals surface area contributed by atoms with Crippen molar-refractivity contribution in [3.05, 3.63) is 0 Å². The smallest absolute Gasteiger partial charge is 0.321 e. The average Bonchev–Trinajstić information content (AvgIpc) is 2.29. The molecule has 1 atom stereocenters. The van der Waals surface area contributed by atoms with Gasteiger partial charge in [0, 0.05) is 13.2 Å². The summed E-state index contributed by atoms with van der Waals surface area (Å²) >= 11 is 0. The summed E-state index contributed by atoms with van der Waals surface area (Å²) in [6.07, 6.45) is 10.6. The summed E-state index contributed by atoms with van der Waals surface area (Å²) in [6.45, 7) is 4.16. The molecule has 0 spiro atoms. The van der Waals surface area contributed by atoms with Crippen LogP contribution in [0.4, 0.5) is 0 Å². The van der Waals surface area contributed by atoms with Crippen molar-refractivity contribution in [3.63, 3.8) is 0 Å². The topological polar surface area (TPSA) is 18.5 Å². The van der Waals surface area contributed by atoms with Crippen LogP contribution in [0.25, 0.3) is 0 Å². The lowest BCUT2D eigenvalue weighted by molar-refractivity contribution is 0.174. The Morgan fingerprint density at radius 3 is 2.60 bits per heavy atom. The van der Waals surface area contributed by atoms with Gasteiger partial charge in [0.25, 0.3) is 0 Å². The molecule has 0 aromatic carbocycles. The summed E-state index contributed by atoms with van der Waals surface area (Å²) < 4.78 is 11.4. The van der Waals surface area contributed by atoms with Gasteiger partial charge in [0.15, 0.2) is 0 Å². The van der Waals surface area contributed by atoms with Crippen LogP contribution in [-0.2, 0) is 8.85 Å². The normalized spacial score (nSPS) is 21.8. The lowest BCUT2D eigenvalue weighted by atomic mass is 10.1. The van der Waals surface area contributed by atoms with Crippen LogP contribution in [-0.4, -0.2) is 22.5 Å². The lowest BCUT2D eigenvalue weighted by Crippen LogP contribution is -2.27. The quantitative estimate of drug-likeness (QED) is 0.470. The monoisotopic (exact) mass is 230 g/mol. The molecule has 15 heavy (non-hydrogen) atoms. The molecule has 3 heteroatoms. The molecule has 1 fully saturated rings. The summed E-state index contributed by atoms with van der Waals surface area (Å²) in [5.74, 6) is 0. The van der Waals surface area contributed by atoms with Crippen LogP contribution in [0.15, 0.2) is 0 Å². The lowest BCUT2D eigenvalue weighted by Gasteiger charge is -2.20. The van der Waals surface area contributed by atoms with Crippen LogP contribution in [0.3, 0.4) is 0 Å². The van der Waals surface area contributed by atoms with E-state index >= 15 is 0 Å². The first kappa shape index (κ1) is 13.2. The van der Waals surface area contributed by atoms with Crippen molar-refractivity contribution in [2.45, 2.75) is 64.3 Å². The standard InChI is InChI=1S/C12H26O2Si/c1-2-3-4-5-6-7-10-13-15-12-9-8-11-14-15/h15H,2-12H2,1H3. The zero-order valence-corrected chi connectivity index (χ0v) is 11.3. The molecule has 0 aromatic heterocycles. The highest BCUT2D eigenvalue weighted by Crippen LogP contribution is 2.12. The van der Waals surface area contributed by atoms with Crippen LogP contribution < -0.4 is 0 Å². The summed E-state index contributed by atoms with van der Waals surface area (Å²) in [5.41, 5.74) is 0. The highest BCUT2D eigenvalue weighted by molar-refractivity contribution is 6.44. The Morgan fingerprint density at radius 2 is 1.87 bits per heavy atom. The van der Waals surface area contributed by atoms with Gasteiger partial charge < -0.3 is 8.85 Å². The van der Waals surface area contributed by atoms with Crippen molar-refractivity contribution in [3.8, 4) is 0 Å². The number of rotatable bonds is 8. The first-order valence-electron chi connectivity index (χ1n) is 6.66. The van der Waals surface area contributed by atoms with Crippen molar-refractivity contribution in [2.75, 3.05) is 13.2 Å². The fraction of sp³-hybridized carbons (Fsp3) is 1.00. The molecule has 1 heterocycles. The Hall–Kier alpha value is 0.137. The molecular weight excluding hydrogens is 204 g/mol. The molecule has 0 saturated carbocycles. The molecule has 2 nitrogen and oxygen atoms in total. The molecule has 1 aliphatic rings. The predicted octanol–water partition coefficient (Wildman–Crippen LogP) is 3.39. The average molecular weight is 230 g/mol. The molecule has 0 N–H and O–H groups in total. The van der Waals surface area contributed by atoms with E-state index in [2.05, 4.69) is 6.92 Å². The SMILES string of the molecule is CCCCCCCCO[SiH]1CCCCO1. The van der Waals surface area contributed by atoms with Gasteiger partial charge in [-0.1, -0.05) is 39.0 Å². The maximum absolute atomic E-state index is 5.81. The number of unbranched alkanes of at least 4 members (excludes halogenated alkanes) is 5. The van der Waals surface area contributed by atoms with Gasteiger partial charge in [-0.3, -0.25) is 0 Å². The summed E-state index contributed by atoms with van der Waals surface area (Å²) in [5, 5.41) is 0. The molecule has 1 saturated heterocycles. The van der Waals surface area contributed by atoms with Gasteiger partial charge in [0.2, 0.25) is 0 Å². The van der Waals surface area contributed by atoms with Gasteiger partial charge in [-0.15, -0.1) is 0 Å². The molecule has 90 valence electrons. The first-order chi connectivity index (χ1) is 7.43. The van der Waals surface area contributed by atoms with E-state index in [4.69, 9.17) is 8.85 Å². The second-order valence-corrected chi connectivity index (χ2v) is 6.54. The van der Waals surface area contributed by atoms with Crippen LogP contribution in [0.1, 0.15) is 58.3 Å². The Morgan fingerprint density at radius 1 is 1.07 bits per heavy atom. The van der Waals surface area contributed by atoms with Crippen LogP contribution in [0, 0.1) is 0 Å². The molecule has 0 amide bonds. The fourth-order valence-electron chi connectivity index (χ4n) is 1.94. The maximum Gasteiger partial charge on any atom is 0.321 e. The van der Waals surface area contributed by atoms with Crippen LogP contribution in [0.2, 0.25) is 6.04 Å². The van der Waals surface area contributed by atoms with E-state index in [1.165, 1.54) is 57.4 Å². The Balaban J connectivity index is 1.79. The summed E-state index contributed by atoms with van der Waals surface area (Å²) in [7, 11) is -1.19. The first-order valence-corrected chi connectivity index (χ1v) is 8.42. The molecule has 1 aliphatic heterocycles. The van der Waals surface area contributed by atoms with Crippen molar-refractivity contribution in [2.24, 2.45) is 0 Å². The van der Waals surface area contributed by atoms with Gasteiger partial charge >= 0.3 is 9.28 Å². The van der Waals surface area contributed by atoms with E-state index in [0.717, 1.165) is 13.2 Å². The summed E-state index contributed by atoms with van der Waals surface area (Å²) in [4.78, 5) is 0. The van der Waals surface area contributed by atoms with Gasteiger partial charge in [-0.25, -0.2) is 0 Å². The minimum atomic E-state index is -1.19. The third kappa shape index (κ3) is 7.09. The van der Waals surface area contributed by atoms with E-state index in [0.29, 0.717) is 0 Å². The van der Waals surface area contributed by atoms with Gasteiger partial charge in [-0.05, 0) is 25.3 Å². The molecule has 0 bridgehead atoms. The van der Waals surface area contributed by atoms with Gasteiger partial charge in [0.1, 0.15) is 0 Å². The molecule has 1 rings (SSSR count). The minimum absolute atomic E-state index is 0.947. The van der Waals surface area contributed by atoms with Crippen molar-refractivity contribution in [1.29, 1.82) is 0 Å². The highest BCUT2D eigenvalue weighted by atomic mass is 28.3. The Kier molecular flexibility index (Phi) is 8.25. The van der Waals surface area contributed by atoms with Crippen molar-refractivity contribution < 1.29 is 8.85 Å². The van der Waals surface area contributed by atoms with Crippen LogP contribution in [0.5, 0.6) is 0 Å². The third-order valence-electron chi connectivity index (χ3n) is 2.94. The highest BCUT2D eigenvalue weighted by Gasteiger charge is 2.16. The van der Waals surface area contributed by atoms with Crippen molar-refractivity contribution in [1.82, 2.24) is 0 Å². The second-order valence-electron chi connectivity index (χ2n) is 4.43. The molecular formula is C12H26O2Si. The Bertz CT molecular complexity index is 136. The van der Waals surface area contributed by atoms with E-state index in [-0.39, 0.29) is 0 Å². The van der Waals surface area contributed by atoms with E-state index in [9.17, 15) is 0 Å². The third-order valence-corrected chi connectivity index (χ3v) is 5.03. The van der Waals surface area contributed by atoms with E-state index in [1.54, 1.807) is 0 Å². The van der Waals surface area contributed by atoms with E-state index < -0.39 is 9.28 Å². The number of hydrogen-bond donors (Lipinski definition) is 0. The van der Waals surface area contributed by atoms with E-state index in [1.807, 2.05) is 0 Å². The largest absolute Gasteiger partial charge is 0.397 e.